The summed E-state index contributed by atoms with van der Waals surface area (Å²) in [4.78, 5) is 22.7. The molecule has 3 rings (SSSR count). The zero-order valence-corrected chi connectivity index (χ0v) is 12.4. The molecule has 1 aromatic carbocycles. The Kier molecular flexibility index (Phi) is 4.32. The van der Waals surface area contributed by atoms with Crippen molar-refractivity contribution in [3.8, 4) is 5.75 Å². The molecule has 0 saturated heterocycles. The number of carbonyl (C=O) groups is 2. The van der Waals surface area contributed by atoms with Crippen molar-refractivity contribution in [2.75, 3.05) is 6.61 Å². The first kappa shape index (κ1) is 15.1. The zero-order valence-electron chi connectivity index (χ0n) is 12.4. The Bertz CT molecular complexity index is 695. The number of ether oxygens (including phenoxy) is 2. The summed E-state index contributed by atoms with van der Waals surface area (Å²) < 4.78 is 15.8. The average Bonchev–Trinajstić information content (AvgIpc) is 3.16. The molecule has 6 heteroatoms. The highest BCUT2D eigenvalue weighted by atomic mass is 16.5. The minimum Gasteiger partial charge on any atom is -0.484 e. The van der Waals surface area contributed by atoms with Gasteiger partial charge in [-0.05, 0) is 36.2 Å². The number of amides is 1. The third kappa shape index (κ3) is 3.91. The number of benzene rings is 1. The van der Waals surface area contributed by atoms with Gasteiger partial charge < -0.3 is 19.6 Å². The van der Waals surface area contributed by atoms with Gasteiger partial charge in [0.25, 0.3) is 5.91 Å². The molecule has 1 heterocycles. The second kappa shape index (κ2) is 6.56. The Labute approximate surface area is 133 Å². The summed E-state index contributed by atoms with van der Waals surface area (Å²) in [5.74, 6) is 0.568. The molecule has 23 heavy (non-hydrogen) atoms. The molecule has 0 spiro atoms. The number of rotatable bonds is 7. The molecular weight excluding hydrogens is 298 g/mol. The van der Waals surface area contributed by atoms with Crippen molar-refractivity contribution in [1.29, 1.82) is 0 Å². The molecule has 1 aromatic heterocycles. The van der Waals surface area contributed by atoms with Crippen molar-refractivity contribution < 1.29 is 23.5 Å². The summed E-state index contributed by atoms with van der Waals surface area (Å²) in [5.41, 5.74) is 5.82. The predicted molar refractivity (Wildman–Crippen MR) is 80.5 cm³/mol. The van der Waals surface area contributed by atoms with Crippen LogP contribution in [-0.2, 0) is 20.9 Å². The van der Waals surface area contributed by atoms with Gasteiger partial charge in [-0.1, -0.05) is 12.1 Å². The summed E-state index contributed by atoms with van der Waals surface area (Å²) in [6.07, 6.45) is 2.36. The van der Waals surface area contributed by atoms with E-state index >= 15 is 0 Å². The topological polar surface area (TPSA) is 91.8 Å². The Balaban J connectivity index is 1.49. The van der Waals surface area contributed by atoms with Gasteiger partial charge in [-0.15, -0.1) is 0 Å². The fourth-order valence-electron chi connectivity index (χ4n) is 2.41. The van der Waals surface area contributed by atoms with Gasteiger partial charge in [-0.25, -0.2) is 0 Å². The number of carbonyl (C=O) groups excluding carboxylic acids is 2. The fourth-order valence-corrected chi connectivity index (χ4v) is 2.41. The van der Waals surface area contributed by atoms with E-state index in [0.29, 0.717) is 5.75 Å². The number of hydrogen-bond acceptors (Lipinski definition) is 5. The highest BCUT2D eigenvalue weighted by Gasteiger charge is 2.47. The molecule has 1 aliphatic carbocycles. The Morgan fingerprint density at radius 3 is 2.87 bits per heavy atom. The number of esters is 1. The van der Waals surface area contributed by atoms with Crippen LogP contribution < -0.4 is 10.5 Å². The monoisotopic (exact) mass is 315 g/mol. The van der Waals surface area contributed by atoms with Crippen LogP contribution in [0.1, 0.15) is 23.7 Å². The van der Waals surface area contributed by atoms with Crippen LogP contribution in [0.15, 0.2) is 47.1 Å². The Morgan fingerprint density at radius 1 is 1.26 bits per heavy atom. The first-order valence-corrected chi connectivity index (χ1v) is 7.33. The molecule has 2 atom stereocenters. The highest BCUT2D eigenvalue weighted by Crippen LogP contribution is 2.48. The van der Waals surface area contributed by atoms with Gasteiger partial charge in [0.1, 0.15) is 18.1 Å². The minimum absolute atomic E-state index is 0.128. The third-order valence-corrected chi connectivity index (χ3v) is 3.66. The van der Waals surface area contributed by atoms with E-state index in [4.69, 9.17) is 19.6 Å². The van der Waals surface area contributed by atoms with E-state index in [0.717, 1.165) is 17.7 Å². The normalized spacial score (nSPS) is 19.1. The van der Waals surface area contributed by atoms with E-state index in [2.05, 4.69) is 0 Å². The average molecular weight is 315 g/mol. The molecule has 2 aromatic rings. The maximum atomic E-state index is 12.0. The molecule has 0 bridgehead atoms. The van der Waals surface area contributed by atoms with E-state index in [9.17, 15) is 9.59 Å². The molecular formula is C17H17NO5. The maximum absolute atomic E-state index is 12.0. The maximum Gasteiger partial charge on any atom is 0.310 e. The standard InChI is InChI=1S/C17H17NO5/c18-16(19)10-22-12-4-1-3-11(7-12)9-23-17(20)14-8-13(14)15-5-2-6-21-15/h1-7,13-14H,8-10H2,(H2,18,19). The first-order valence-electron chi connectivity index (χ1n) is 7.33. The quantitative estimate of drug-likeness (QED) is 0.789. The fraction of sp³-hybridized carbons (Fsp3) is 0.294. The molecule has 0 aliphatic heterocycles. The molecule has 2 N–H and O–H groups in total. The van der Waals surface area contributed by atoms with Crippen molar-refractivity contribution in [2.24, 2.45) is 11.7 Å². The minimum atomic E-state index is -0.542. The lowest BCUT2D eigenvalue weighted by atomic mass is 10.2. The van der Waals surface area contributed by atoms with Crippen LogP contribution >= 0.6 is 0 Å². The summed E-state index contributed by atoms with van der Waals surface area (Å²) in [7, 11) is 0. The SMILES string of the molecule is NC(=O)COc1cccc(COC(=O)C2CC2c2ccco2)c1. The van der Waals surface area contributed by atoms with Crippen LogP contribution in [0.3, 0.4) is 0 Å². The third-order valence-electron chi connectivity index (χ3n) is 3.66. The summed E-state index contributed by atoms with van der Waals surface area (Å²) in [6.45, 7) is -0.0237. The Morgan fingerprint density at radius 2 is 2.13 bits per heavy atom. The first-order chi connectivity index (χ1) is 11.1. The molecule has 1 amide bonds. The van der Waals surface area contributed by atoms with Crippen molar-refractivity contribution >= 4 is 11.9 Å². The van der Waals surface area contributed by atoms with E-state index in [1.807, 2.05) is 18.2 Å². The number of nitrogens with two attached hydrogens (primary N) is 1. The second-order valence-corrected chi connectivity index (χ2v) is 5.47. The van der Waals surface area contributed by atoms with E-state index in [1.165, 1.54) is 0 Å². The van der Waals surface area contributed by atoms with Gasteiger partial charge in [0.2, 0.25) is 0 Å². The molecule has 1 saturated carbocycles. The number of hydrogen-bond donors (Lipinski definition) is 1. The summed E-state index contributed by atoms with van der Waals surface area (Å²) in [6, 6.07) is 10.7. The van der Waals surface area contributed by atoms with Crippen LogP contribution in [0.25, 0.3) is 0 Å². The lowest BCUT2D eigenvalue weighted by molar-refractivity contribution is -0.146. The number of furan rings is 1. The van der Waals surface area contributed by atoms with Gasteiger partial charge in [-0.3, -0.25) is 9.59 Å². The molecule has 120 valence electrons. The highest BCUT2D eigenvalue weighted by molar-refractivity contribution is 5.77. The lowest BCUT2D eigenvalue weighted by Gasteiger charge is -2.07. The summed E-state index contributed by atoms with van der Waals surface area (Å²) in [5, 5.41) is 0. The molecule has 1 aliphatic rings. The second-order valence-electron chi connectivity index (χ2n) is 5.47. The van der Waals surface area contributed by atoms with Crippen LogP contribution in [0.2, 0.25) is 0 Å². The van der Waals surface area contributed by atoms with Crippen LogP contribution in [0.4, 0.5) is 0 Å². The van der Waals surface area contributed by atoms with Gasteiger partial charge >= 0.3 is 5.97 Å². The Hall–Kier alpha value is -2.76. The largest absolute Gasteiger partial charge is 0.484 e. The van der Waals surface area contributed by atoms with Crippen LogP contribution in [-0.4, -0.2) is 18.5 Å². The van der Waals surface area contributed by atoms with Crippen LogP contribution in [0.5, 0.6) is 5.75 Å². The van der Waals surface area contributed by atoms with Crippen molar-refractivity contribution in [1.82, 2.24) is 0 Å². The van der Waals surface area contributed by atoms with E-state index in [1.54, 1.807) is 24.5 Å². The van der Waals surface area contributed by atoms with Gasteiger partial charge in [-0.2, -0.15) is 0 Å². The van der Waals surface area contributed by atoms with Crippen molar-refractivity contribution in [3.63, 3.8) is 0 Å². The molecule has 1 fully saturated rings. The van der Waals surface area contributed by atoms with Gasteiger partial charge in [0.15, 0.2) is 6.61 Å². The van der Waals surface area contributed by atoms with Crippen molar-refractivity contribution in [2.45, 2.75) is 18.9 Å². The summed E-state index contributed by atoms with van der Waals surface area (Å²) >= 11 is 0. The van der Waals surface area contributed by atoms with Crippen LogP contribution in [0, 0.1) is 5.92 Å². The zero-order chi connectivity index (χ0) is 16.2. The molecule has 0 radical (unpaired) electrons. The van der Waals surface area contributed by atoms with Gasteiger partial charge in [0, 0.05) is 5.92 Å². The van der Waals surface area contributed by atoms with E-state index < -0.39 is 5.91 Å². The smallest absolute Gasteiger partial charge is 0.310 e. The van der Waals surface area contributed by atoms with Crippen molar-refractivity contribution in [3.05, 3.63) is 54.0 Å². The van der Waals surface area contributed by atoms with E-state index in [-0.39, 0.29) is 31.0 Å². The molecule has 2 unspecified atom stereocenters. The molecule has 6 nitrogen and oxygen atoms in total. The lowest BCUT2D eigenvalue weighted by Crippen LogP contribution is -2.20. The number of primary amides is 1. The predicted octanol–water partition coefficient (Wildman–Crippen LogP) is 1.99. The van der Waals surface area contributed by atoms with Gasteiger partial charge in [0.05, 0.1) is 12.2 Å².